The van der Waals surface area contributed by atoms with Crippen LogP contribution in [0.2, 0.25) is 0 Å². The van der Waals surface area contributed by atoms with Crippen LogP contribution < -0.4 is 9.47 Å². The molecule has 3 atom stereocenters. The number of fused-ring (bicyclic) bond motifs is 1. The van der Waals surface area contributed by atoms with Crippen LogP contribution in [-0.4, -0.2) is 55.5 Å². The van der Waals surface area contributed by atoms with Gasteiger partial charge in [0.05, 0.1) is 4.90 Å². The first-order chi connectivity index (χ1) is 18.5. The minimum absolute atomic E-state index is 0.0851. The third-order valence-electron chi connectivity index (χ3n) is 7.67. The number of sulfone groups is 1. The number of allylic oxidation sites excluding steroid dienone is 1. The molecule has 5 rings (SSSR count). The monoisotopic (exact) mass is 549 g/mol. The predicted molar refractivity (Wildman–Crippen MR) is 152 cm³/mol. The van der Waals surface area contributed by atoms with Crippen LogP contribution in [0.25, 0.3) is 11.1 Å². The van der Waals surface area contributed by atoms with Gasteiger partial charge in [0.15, 0.2) is 15.9 Å². The second-order valence-electron chi connectivity index (χ2n) is 10.8. The van der Waals surface area contributed by atoms with Gasteiger partial charge in [-0.1, -0.05) is 19.1 Å². The molecule has 2 heterocycles. The zero-order chi connectivity index (χ0) is 27.9. The molecule has 7 nitrogen and oxygen atoms in total. The van der Waals surface area contributed by atoms with Crippen LogP contribution in [0.15, 0.2) is 65.6 Å². The fourth-order valence-corrected chi connectivity index (χ4v) is 6.47. The number of phenols is 2. The highest BCUT2D eigenvalue weighted by Gasteiger charge is 2.33. The highest BCUT2D eigenvalue weighted by atomic mass is 32.2. The van der Waals surface area contributed by atoms with Gasteiger partial charge in [-0.2, -0.15) is 0 Å². The highest BCUT2D eigenvalue weighted by Crippen LogP contribution is 2.49. The Balaban J connectivity index is 1.55. The number of aromatic hydroxyl groups is 2. The Morgan fingerprint density at radius 2 is 1.85 bits per heavy atom. The lowest BCUT2D eigenvalue weighted by Crippen LogP contribution is -2.35. The number of hydrogen-bond donors (Lipinski definition) is 2. The Kier molecular flexibility index (Phi) is 7.35. The van der Waals surface area contributed by atoms with Crippen molar-refractivity contribution in [3.63, 3.8) is 0 Å². The molecule has 1 fully saturated rings. The van der Waals surface area contributed by atoms with Gasteiger partial charge in [-0.05, 0) is 92.4 Å². The maximum atomic E-state index is 13.1. The summed E-state index contributed by atoms with van der Waals surface area (Å²) in [7, 11) is -3.66. The van der Waals surface area contributed by atoms with Crippen molar-refractivity contribution in [2.75, 3.05) is 26.0 Å². The maximum absolute atomic E-state index is 13.1. The second kappa shape index (κ2) is 10.6. The standard InChI is InChI=1S/C31H35NO6S/c1-19-12-13-32(17-19)20(2)18-37-25-9-10-26(29(16-25)39(4,35)36)31-30(22-6-5-7-23(33)14-22)21(3)27-15-24(34)8-11-28(27)38-31/h5-11,14-16,19-20,31,33-34H,12-13,17-18H2,1-4H3. The lowest BCUT2D eigenvalue weighted by molar-refractivity contribution is 0.168. The summed E-state index contributed by atoms with van der Waals surface area (Å²) in [5.41, 5.74) is 3.40. The van der Waals surface area contributed by atoms with Crippen LogP contribution in [0.3, 0.4) is 0 Å². The molecule has 3 unspecified atom stereocenters. The number of ether oxygens (including phenoxy) is 2. The van der Waals surface area contributed by atoms with Gasteiger partial charge in [-0.25, -0.2) is 8.42 Å². The third-order valence-corrected chi connectivity index (χ3v) is 8.82. The number of likely N-dealkylation sites (tertiary alicyclic amines) is 1. The summed E-state index contributed by atoms with van der Waals surface area (Å²) in [6.45, 7) is 8.83. The number of phenolic OH excluding ortho intramolecular Hbond substituents is 2. The van der Waals surface area contributed by atoms with Gasteiger partial charge < -0.3 is 19.7 Å². The lowest BCUT2D eigenvalue weighted by Gasteiger charge is -2.32. The quantitative estimate of drug-likeness (QED) is 0.392. The lowest BCUT2D eigenvalue weighted by atomic mass is 9.86. The molecule has 39 heavy (non-hydrogen) atoms. The second-order valence-corrected chi connectivity index (χ2v) is 12.8. The summed E-state index contributed by atoms with van der Waals surface area (Å²) in [4.78, 5) is 2.52. The van der Waals surface area contributed by atoms with E-state index in [1.165, 1.54) is 12.7 Å². The van der Waals surface area contributed by atoms with E-state index in [9.17, 15) is 18.6 Å². The van der Waals surface area contributed by atoms with E-state index in [-0.39, 0.29) is 22.4 Å². The Bertz CT molecular complexity index is 1530. The number of benzene rings is 3. The maximum Gasteiger partial charge on any atom is 0.176 e. The molecular weight excluding hydrogens is 514 g/mol. The van der Waals surface area contributed by atoms with E-state index in [2.05, 4.69) is 18.7 Å². The van der Waals surface area contributed by atoms with E-state index < -0.39 is 15.9 Å². The normalized spacial score (nSPS) is 20.4. The topological polar surface area (TPSA) is 96.3 Å². The Labute approximate surface area is 230 Å². The molecule has 0 bridgehead atoms. The third kappa shape index (κ3) is 5.63. The van der Waals surface area contributed by atoms with Gasteiger partial charge in [0, 0.05) is 35.5 Å². The van der Waals surface area contributed by atoms with Crippen LogP contribution in [-0.2, 0) is 9.84 Å². The summed E-state index contributed by atoms with van der Waals surface area (Å²) in [5.74, 6) is 1.88. The van der Waals surface area contributed by atoms with Crippen molar-refractivity contribution in [3.05, 3.63) is 77.4 Å². The summed E-state index contributed by atoms with van der Waals surface area (Å²) in [6, 6.07) is 17.0. The molecule has 0 amide bonds. The van der Waals surface area contributed by atoms with Gasteiger partial charge in [-0.15, -0.1) is 0 Å². The molecule has 1 saturated heterocycles. The van der Waals surface area contributed by atoms with Crippen molar-refractivity contribution in [2.45, 2.75) is 44.2 Å². The van der Waals surface area contributed by atoms with Crippen LogP contribution in [0.1, 0.15) is 50.0 Å². The van der Waals surface area contributed by atoms with E-state index in [1.54, 1.807) is 54.6 Å². The van der Waals surface area contributed by atoms with Crippen LogP contribution in [0, 0.1) is 5.92 Å². The first-order valence-corrected chi connectivity index (χ1v) is 15.1. The molecular formula is C31H35NO6S. The van der Waals surface area contributed by atoms with Crippen molar-refractivity contribution in [1.82, 2.24) is 4.90 Å². The van der Waals surface area contributed by atoms with E-state index in [1.807, 2.05) is 13.0 Å². The molecule has 2 aliphatic rings. The molecule has 0 aliphatic carbocycles. The fraction of sp³-hybridized carbons (Fsp3) is 0.355. The van der Waals surface area contributed by atoms with E-state index in [4.69, 9.17) is 9.47 Å². The molecule has 2 aliphatic heterocycles. The first kappa shape index (κ1) is 27.1. The van der Waals surface area contributed by atoms with Crippen molar-refractivity contribution in [3.8, 4) is 23.0 Å². The average Bonchev–Trinajstić information content (AvgIpc) is 3.33. The predicted octanol–water partition coefficient (Wildman–Crippen LogP) is 5.67. The van der Waals surface area contributed by atoms with E-state index in [0.29, 0.717) is 46.3 Å². The SMILES string of the molecule is CC1=C(c2cccc(O)c2)C(c2ccc(OCC(C)N3CCC(C)C3)cc2S(C)(=O)=O)Oc2ccc(O)cc21. The van der Waals surface area contributed by atoms with Gasteiger partial charge >= 0.3 is 0 Å². The molecule has 0 radical (unpaired) electrons. The Morgan fingerprint density at radius 1 is 1.08 bits per heavy atom. The van der Waals surface area contributed by atoms with Crippen molar-refractivity contribution < 1.29 is 28.1 Å². The fourth-order valence-electron chi connectivity index (χ4n) is 5.54. The highest BCUT2D eigenvalue weighted by molar-refractivity contribution is 7.90. The molecule has 0 aromatic heterocycles. The molecule has 2 N–H and O–H groups in total. The Morgan fingerprint density at radius 3 is 2.54 bits per heavy atom. The summed E-state index contributed by atoms with van der Waals surface area (Å²) < 4.78 is 38.7. The molecule has 0 spiro atoms. The molecule has 3 aromatic carbocycles. The summed E-state index contributed by atoms with van der Waals surface area (Å²) >= 11 is 0. The van der Waals surface area contributed by atoms with E-state index >= 15 is 0 Å². The number of nitrogens with zero attached hydrogens (tertiary/aromatic N) is 1. The average molecular weight is 550 g/mol. The van der Waals surface area contributed by atoms with Crippen molar-refractivity contribution in [2.24, 2.45) is 5.92 Å². The smallest absolute Gasteiger partial charge is 0.176 e. The summed E-state index contributed by atoms with van der Waals surface area (Å²) in [6.07, 6.45) is 1.59. The first-order valence-electron chi connectivity index (χ1n) is 13.2. The van der Waals surface area contributed by atoms with Crippen molar-refractivity contribution in [1.29, 1.82) is 0 Å². The van der Waals surface area contributed by atoms with Gasteiger partial charge in [0.25, 0.3) is 0 Å². The Hall–Kier alpha value is -3.49. The van der Waals surface area contributed by atoms with Crippen LogP contribution in [0.4, 0.5) is 0 Å². The molecule has 0 saturated carbocycles. The summed E-state index contributed by atoms with van der Waals surface area (Å²) in [5, 5.41) is 20.4. The largest absolute Gasteiger partial charge is 0.508 e. The van der Waals surface area contributed by atoms with Crippen LogP contribution >= 0.6 is 0 Å². The minimum atomic E-state index is -3.66. The van der Waals surface area contributed by atoms with E-state index in [0.717, 1.165) is 18.7 Å². The molecule has 206 valence electrons. The number of hydrogen-bond acceptors (Lipinski definition) is 7. The molecule has 8 heteroatoms. The zero-order valence-corrected chi connectivity index (χ0v) is 23.5. The molecule has 3 aromatic rings. The minimum Gasteiger partial charge on any atom is -0.508 e. The number of rotatable bonds is 7. The van der Waals surface area contributed by atoms with Crippen molar-refractivity contribution >= 4 is 21.0 Å². The van der Waals surface area contributed by atoms with Gasteiger partial charge in [0.1, 0.15) is 29.6 Å². The van der Waals surface area contributed by atoms with Crippen LogP contribution in [0.5, 0.6) is 23.0 Å². The zero-order valence-electron chi connectivity index (χ0n) is 22.7. The van der Waals surface area contributed by atoms with Gasteiger partial charge in [0.2, 0.25) is 0 Å². The van der Waals surface area contributed by atoms with Gasteiger partial charge in [-0.3, -0.25) is 4.90 Å².